The molecule has 1 aliphatic rings. The quantitative estimate of drug-likeness (QED) is 0.939. The van der Waals surface area contributed by atoms with Gasteiger partial charge >= 0.3 is 0 Å². The lowest BCUT2D eigenvalue weighted by molar-refractivity contribution is 0.174. The van der Waals surface area contributed by atoms with E-state index in [-0.39, 0.29) is 18.7 Å². The second kappa shape index (κ2) is 5.61. The fourth-order valence-corrected chi connectivity index (χ4v) is 2.54. The Balaban J connectivity index is 1.93. The molecule has 0 saturated carbocycles. The second-order valence-electron chi connectivity index (χ2n) is 4.93. The van der Waals surface area contributed by atoms with Gasteiger partial charge < -0.3 is 20.1 Å². The van der Waals surface area contributed by atoms with Crippen molar-refractivity contribution in [3.63, 3.8) is 0 Å². The Morgan fingerprint density at radius 2 is 1.95 bits per heavy atom. The molecule has 21 heavy (non-hydrogen) atoms. The van der Waals surface area contributed by atoms with Crippen LogP contribution in [0, 0.1) is 5.82 Å². The van der Waals surface area contributed by atoms with E-state index in [0.29, 0.717) is 18.0 Å². The predicted molar refractivity (Wildman–Crippen MR) is 79.2 cm³/mol. The largest absolute Gasteiger partial charge is 0.454 e. The van der Waals surface area contributed by atoms with Gasteiger partial charge in [-0.05, 0) is 29.8 Å². The molecule has 2 N–H and O–H groups in total. The highest BCUT2D eigenvalue weighted by atomic mass is 19.1. The highest BCUT2D eigenvalue weighted by molar-refractivity contribution is 5.52. The molecule has 1 aliphatic heterocycles. The molecule has 0 amide bonds. The van der Waals surface area contributed by atoms with Crippen molar-refractivity contribution in [3.05, 3.63) is 53.8 Å². The fraction of sp³-hybridized carbons (Fsp3) is 0.250. The summed E-state index contributed by atoms with van der Waals surface area (Å²) in [7, 11) is 1.83. The lowest BCUT2D eigenvalue weighted by atomic mass is 10.0. The number of nitrogens with two attached hydrogens (primary N) is 1. The summed E-state index contributed by atoms with van der Waals surface area (Å²) in [5.74, 6) is 1.16. The van der Waals surface area contributed by atoms with Gasteiger partial charge in [0.1, 0.15) is 5.82 Å². The van der Waals surface area contributed by atoms with Crippen molar-refractivity contribution in [2.24, 2.45) is 5.73 Å². The Hall–Kier alpha value is -2.27. The Kier molecular flexibility index (Phi) is 3.66. The van der Waals surface area contributed by atoms with Crippen LogP contribution < -0.4 is 20.1 Å². The summed E-state index contributed by atoms with van der Waals surface area (Å²) in [6.45, 7) is 0.597. The van der Waals surface area contributed by atoms with Crippen LogP contribution in [0.5, 0.6) is 11.5 Å². The standard InChI is InChI=1S/C16H17FN2O2/c1-19(13-5-3-2-4-12(13)17)14(9-18)11-6-7-15-16(8-11)21-10-20-15/h2-8,14H,9-10,18H2,1H3. The number of anilines is 1. The summed E-state index contributed by atoms with van der Waals surface area (Å²) in [4.78, 5) is 1.84. The Morgan fingerprint density at radius 3 is 2.71 bits per heavy atom. The topological polar surface area (TPSA) is 47.7 Å². The van der Waals surface area contributed by atoms with E-state index in [0.717, 1.165) is 11.3 Å². The summed E-state index contributed by atoms with van der Waals surface area (Å²) in [5.41, 5.74) is 7.39. The summed E-state index contributed by atoms with van der Waals surface area (Å²) in [5, 5.41) is 0. The molecule has 5 heteroatoms. The van der Waals surface area contributed by atoms with Gasteiger partial charge in [0.15, 0.2) is 11.5 Å². The van der Waals surface area contributed by atoms with Crippen molar-refractivity contribution in [3.8, 4) is 11.5 Å². The van der Waals surface area contributed by atoms with Gasteiger partial charge in [-0.15, -0.1) is 0 Å². The van der Waals surface area contributed by atoms with Gasteiger partial charge in [0.2, 0.25) is 6.79 Å². The number of likely N-dealkylation sites (N-methyl/N-ethyl adjacent to an activating group) is 1. The molecule has 0 radical (unpaired) electrons. The number of hydrogen-bond acceptors (Lipinski definition) is 4. The maximum Gasteiger partial charge on any atom is 0.231 e. The van der Waals surface area contributed by atoms with E-state index in [4.69, 9.17) is 15.2 Å². The van der Waals surface area contributed by atoms with E-state index in [1.807, 2.05) is 36.2 Å². The van der Waals surface area contributed by atoms with Crippen molar-refractivity contribution in [1.82, 2.24) is 0 Å². The van der Waals surface area contributed by atoms with Crippen LogP contribution in [-0.2, 0) is 0 Å². The first-order chi connectivity index (χ1) is 10.2. The van der Waals surface area contributed by atoms with Crippen LogP contribution in [0.15, 0.2) is 42.5 Å². The molecule has 2 aromatic rings. The summed E-state index contributed by atoms with van der Waals surface area (Å²) in [6, 6.07) is 12.2. The number of fused-ring (bicyclic) bond motifs is 1. The Labute approximate surface area is 122 Å². The van der Waals surface area contributed by atoms with E-state index in [9.17, 15) is 4.39 Å². The average Bonchev–Trinajstić information content (AvgIpc) is 2.96. The highest BCUT2D eigenvalue weighted by Gasteiger charge is 2.21. The predicted octanol–water partition coefficient (Wildman–Crippen LogP) is 2.69. The number of halogens is 1. The van der Waals surface area contributed by atoms with Gasteiger partial charge in [-0.3, -0.25) is 0 Å². The molecule has 1 unspecified atom stereocenters. The molecule has 0 saturated heterocycles. The average molecular weight is 288 g/mol. The van der Waals surface area contributed by atoms with Crippen molar-refractivity contribution in [2.75, 3.05) is 25.3 Å². The van der Waals surface area contributed by atoms with Gasteiger partial charge in [0.25, 0.3) is 0 Å². The number of benzene rings is 2. The third-order valence-electron chi connectivity index (χ3n) is 3.70. The zero-order chi connectivity index (χ0) is 14.8. The Bertz CT molecular complexity index is 648. The molecular formula is C16H17FN2O2. The van der Waals surface area contributed by atoms with Gasteiger partial charge in [0.05, 0.1) is 11.7 Å². The lowest BCUT2D eigenvalue weighted by Gasteiger charge is -2.29. The molecular weight excluding hydrogens is 271 g/mol. The number of rotatable bonds is 4. The zero-order valence-corrected chi connectivity index (χ0v) is 11.8. The van der Waals surface area contributed by atoms with Crippen LogP contribution in [0.4, 0.5) is 10.1 Å². The van der Waals surface area contributed by atoms with E-state index >= 15 is 0 Å². The van der Waals surface area contributed by atoms with Crippen molar-refractivity contribution in [2.45, 2.75) is 6.04 Å². The van der Waals surface area contributed by atoms with Crippen LogP contribution in [-0.4, -0.2) is 20.4 Å². The minimum absolute atomic E-state index is 0.142. The number of para-hydroxylation sites is 1. The van der Waals surface area contributed by atoms with Gasteiger partial charge in [0, 0.05) is 13.6 Å². The molecule has 0 spiro atoms. The molecule has 0 aliphatic carbocycles. The maximum atomic E-state index is 13.9. The molecule has 0 fully saturated rings. The summed E-state index contributed by atoms with van der Waals surface area (Å²) < 4.78 is 24.6. The Morgan fingerprint density at radius 1 is 1.19 bits per heavy atom. The van der Waals surface area contributed by atoms with E-state index < -0.39 is 0 Å². The van der Waals surface area contributed by atoms with Crippen LogP contribution in [0.3, 0.4) is 0 Å². The van der Waals surface area contributed by atoms with Gasteiger partial charge in [-0.25, -0.2) is 4.39 Å². The third-order valence-corrected chi connectivity index (χ3v) is 3.70. The summed E-state index contributed by atoms with van der Waals surface area (Å²) >= 11 is 0. The molecule has 3 rings (SSSR count). The summed E-state index contributed by atoms with van der Waals surface area (Å²) in [6.07, 6.45) is 0. The van der Waals surface area contributed by atoms with Gasteiger partial charge in [-0.2, -0.15) is 0 Å². The molecule has 1 atom stereocenters. The molecule has 2 aromatic carbocycles. The van der Waals surface area contributed by atoms with E-state index in [1.165, 1.54) is 6.07 Å². The molecule has 1 heterocycles. The van der Waals surface area contributed by atoms with Crippen LogP contribution in [0.2, 0.25) is 0 Å². The van der Waals surface area contributed by atoms with Crippen molar-refractivity contribution >= 4 is 5.69 Å². The van der Waals surface area contributed by atoms with Crippen molar-refractivity contribution < 1.29 is 13.9 Å². The number of hydrogen-bond donors (Lipinski definition) is 1. The van der Waals surface area contributed by atoms with Crippen molar-refractivity contribution in [1.29, 1.82) is 0 Å². The molecule has 0 aromatic heterocycles. The van der Waals surface area contributed by atoms with Crippen LogP contribution in [0.25, 0.3) is 0 Å². The lowest BCUT2D eigenvalue weighted by Crippen LogP contribution is -2.31. The molecule has 0 bridgehead atoms. The first-order valence-electron chi connectivity index (χ1n) is 6.77. The normalized spacial score (nSPS) is 14.0. The minimum atomic E-state index is -0.265. The van der Waals surface area contributed by atoms with E-state index in [1.54, 1.807) is 12.1 Å². The fourth-order valence-electron chi connectivity index (χ4n) is 2.54. The number of ether oxygens (including phenoxy) is 2. The third kappa shape index (κ3) is 2.52. The maximum absolute atomic E-state index is 13.9. The van der Waals surface area contributed by atoms with Crippen LogP contribution >= 0.6 is 0 Å². The first kappa shape index (κ1) is 13.7. The van der Waals surface area contributed by atoms with Gasteiger partial charge in [-0.1, -0.05) is 18.2 Å². The highest BCUT2D eigenvalue weighted by Crippen LogP contribution is 2.36. The SMILES string of the molecule is CN(c1ccccc1F)C(CN)c1ccc2c(c1)OCO2. The second-order valence-corrected chi connectivity index (χ2v) is 4.93. The molecule has 4 nitrogen and oxygen atoms in total. The van der Waals surface area contributed by atoms with Crippen LogP contribution in [0.1, 0.15) is 11.6 Å². The minimum Gasteiger partial charge on any atom is -0.454 e. The molecule has 110 valence electrons. The monoisotopic (exact) mass is 288 g/mol. The smallest absolute Gasteiger partial charge is 0.231 e. The van der Waals surface area contributed by atoms with E-state index in [2.05, 4.69) is 0 Å². The zero-order valence-electron chi connectivity index (χ0n) is 11.8. The first-order valence-corrected chi connectivity index (χ1v) is 6.77. The number of nitrogens with zero attached hydrogens (tertiary/aromatic N) is 1.